The predicted octanol–water partition coefficient (Wildman–Crippen LogP) is 4.80. The van der Waals surface area contributed by atoms with E-state index in [1.807, 2.05) is 47.4 Å². The van der Waals surface area contributed by atoms with E-state index in [1.54, 1.807) is 11.8 Å². The summed E-state index contributed by atoms with van der Waals surface area (Å²) in [7, 11) is 0. The first-order valence-electron chi connectivity index (χ1n) is 7.43. The summed E-state index contributed by atoms with van der Waals surface area (Å²) in [6.45, 7) is 2.12. The third-order valence-corrected chi connectivity index (χ3v) is 5.14. The number of para-hydroxylation sites is 1. The number of rotatable bonds is 4. The first-order valence-corrected chi connectivity index (χ1v) is 8.80. The minimum absolute atomic E-state index is 0.207. The summed E-state index contributed by atoms with van der Waals surface area (Å²) in [4.78, 5) is 15.7. The Hall–Kier alpha value is -1.45. The van der Waals surface area contributed by atoms with Gasteiger partial charge in [0.25, 0.3) is 0 Å². The zero-order valence-corrected chi connectivity index (χ0v) is 14.0. The van der Waals surface area contributed by atoms with Crippen LogP contribution in [0.3, 0.4) is 0 Å². The molecule has 0 unspecified atom stereocenters. The lowest BCUT2D eigenvalue weighted by Gasteiger charge is -2.22. The van der Waals surface area contributed by atoms with Gasteiger partial charge in [0, 0.05) is 33.8 Å². The van der Waals surface area contributed by atoms with Crippen molar-refractivity contribution in [1.82, 2.24) is 0 Å². The van der Waals surface area contributed by atoms with Crippen LogP contribution >= 0.6 is 23.4 Å². The highest BCUT2D eigenvalue weighted by atomic mass is 35.5. The minimum atomic E-state index is 0.207. The molecule has 2 aromatic carbocycles. The van der Waals surface area contributed by atoms with Gasteiger partial charge in [-0.1, -0.05) is 29.8 Å². The summed E-state index contributed by atoms with van der Waals surface area (Å²) in [5, 5.41) is 0.739. The maximum absolute atomic E-state index is 12.6. The molecule has 0 saturated heterocycles. The molecular weight excluding hydrogens is 314 g/mol. The molecule has 0 saturated carbocycles. The molecule has 1 amide bonds. The standard InChI is InChI=1S/C18H18ClNOS/c1-13-12-14-4-2-3-5-17(14)20(13)18(21)10-11-22-16-8-6-15(19)7-9-16/h2-9,13H,10-12H2,1H3/t13-/m1/s1. The number of hydrogen-bond donors (Lipinski definition) is 0. The molecule has 0 aliphatic carbocycles. The molecule has 2 aromatic rings. The molecule has 22 heavy (non-hydrogen) atoms. The van der Waals surface area contributed by atoms with Crippen LogP contribution in [0.25, 0.3) is 0 Å². The second-order valence-corrected chi connectivity index (χ2v) is 7.10. The Kier molecular flexibility index (Phi) is 4.74. The SMILES string of the molecule is C[C@@H]1Cc2ccccc2N1C(=O)CCSc1ccc(Cl)cc1. The second-order valence-electron chi connectivity index (χ2n) is 5.50. The van der Waals surface area contributed by atoms with E-state index in [4.69, 9.17) is 11.6 Å². The highest BCUT2D eigenvalue weighted by Crippen LogP contribution is 2.32. The molecule has 1 aliphatic rings. The predicted molar refractivity (Wildman–Crippen MR) is 93.9 cm³/mol. The Labute approximate surface area is 140 Å². The van der Waals surface area contributed by atoms with Crippen LogP contribution in [0.5, 0.6) is 0 Å². The van der Waals surface area contributed by atoms with Gasteiger partial charge in [0.1, 0.15) is 0 Å². The first kappa shape index (κ1) is 15.4. The van der Waals surface area contributed by atoms with Crippen molar-refractivity contribution < 1.29 is 4.79 Å². The number of carbonyl (C=O) groups excluding carboxylic acids is 1. The second kappa shape index (κ2) is 6.76. The monoisotopic (exact) mass is 331 g/mol. The van der Waals surface area contributed by atoms with E-state index in [0.717, 1.165) is 27.8 Å². The fourth-order valence-corrected chi connectivity index (χ4v) is 3.82. The highest BCUT2D eigenvalue weighted by molar-refractivity contribution is 7.99. The maximum Gasteiger partial charge on any atom is 0.228 e. The topological polar surface area (TPSA) is 20.3 Å². The molecule has 1 atom stereocenters. The Morgan fingerprint density at radius 2 is 1.95 bits per heavy atom. The number of thioether (sulfide) groups is 1. The first-order chi connectivity index (χ1) is 10.6. The number of carbonyl (C=O) groups is 1. The molecule has 0 spiro atoms. The fourth-order valence-electron chi connectivity index (χ4n) is 2.85. The van der Waals surface area contributed by atoms with E-state index in [0.29, 0.717) is 6.42 Å². The Balaban J connectivity index is 1.59. The van der Waals surface area contributed by atoms with Crippen LogP contribution in [0.2, 0.25) is 5.02 Å². The van der Waals surface area contributed by atoms with Crippen LogP contribution in [0.1, 0.15) is 18.9 Å². The molecule has 0 bridgehead atoms. The Bertz CT molecular complexity index is 671. The number of hydrogen-bond acceptors (Lipinski definition) is 2. The summed E-state index contributed by atoms with van der Waals surface area (Å²) in [5.74, 6) is 0.991. The van der Waals surface area contributed by atoms with E-state index in [-0.39, 0.29) is 11.9 Å². The van der Waals surface area contributed by atoms with Gasteiger partial charge in [-0.3, -0.25) is 4.79 Å². The Morgan fingerprint density at radius 1 is 1.23 bits per heavy atom. The molecule has 0 radical (unpaired) electrons. The van der Waals surface area contributed by atoms with Crippen LogP contribution in [0.4, 0.5) is 5.69 Å². The number of anilines is 1. The lowest BCUT2D eigenvalue weighted by atomic mass is 10.1. The number of benzene rings is 2. The molecule has 0 N–H and O–H groups in total. The smallest absolute Gasteiger partial charge is 0.228 e. The summed E-state index contributed by atoms with van der Waals surface area (Å²) < 4.78 is 0. The van der Waals surface area contributed by atoms with Gasteiger partial charge in [0.2, 0.25) is 5.91 Å². The zero-order chi connectivity index (χ0) is 15.5. The van der Waals surface area contributed by atoms with Gasteiger partial charge in [0.05, 0.1) is 0 Å². The third-order valence-electron chi connectivity index (χ3n) is 3.87. The maximum atomic E-state index is 12.6. The molecule has 0 aromatic heterocycles. The van der Waals surface area contributed by atoms with Gasteiger partial charge in [-0.25, -0.2) is 0 Å². The van der Waals surface area contributed by atoms with Crippen molar-refractivity contribution in [2.45, 2.75) is 30.7 Å². The molecular formula is C18H18ClNOS. The van der Waals surface area contributed by atoms with Gasteiger partial charge in [-0.05, 0) is 49.2 Å². The van der Waals surface area contributed by atoms with Crippen molar-refractivity contribution in [1.29, 1.82) is 0 Å². The molecule has 3 rings (SSSR count). The lowest BCUT2D eigenvalue weighted by Crippen LogP contribution is -2.35. The number of halogens is 1. The number of nitrogens with zero attached hydrogens (tertiary/aromatic N) is 1. The molecule has 1 heterocycles. The van der Waals surface area contributed by atoms with E-state index in [2.05, 4.69) is 13.0 Å². The van der Waals surface area contributed by atoms with Crippen LogP contribution in [0.15, 0.2) is 53.4 Å². The van der Waals surface area contributed by atoms with Crippen molar-refractivity contribution in [2.75, 3.05) is 10.7 Å². The molecule has 1 aliphatic heterocycles. The number of amides is 1. The van der Waals surface area contributed by atoms with Crippen LogP contribution in [0, 0.1) is 0 Å². The van der Waals surface area contributed by atoms with E-state index in [1.165, 1.54) is 5.56 Å². The van der Waals surface area contributed by atoms with E-state index < -0.39 is 0 Å². The largest absolute Gasteiger partial charge is 0.309 e. The third kappa shape index (κ3) is 3.31. The van der Waals surface area contributed by atoms with Gasteiger partial charge >= 0.3 is 0 Å². The van der Waals surface area contributed by atoms with Gasteiger partial charge in [-0.15, -0.1) is 11.8 Å². The van der Waals surface area contributed by atoms with Crippen molar-refractivity contribution in [3.63, 3.8) is 0 Å². The normalized spacial score (nSPS) is 16.6. The van der Waals surface area contributed by atoms with E-state index in [9.17, 15) is 4.79 Å². The minimum Gasteiger partial charge on any atom is -0.309 e. The molecule has 2 nitrogen and oxygen atoms in total. The van der Waals surface area contributed by atoms with E-state index >= 15 is 0 Å². The quantitative estimate of drug-likeness (QED) is 0.750. The number of fused-ring (bicyclic) bond motifs is 1. The average Bonchev–Trinajstić information content (AvgIpc) is 2.85. The summed E-state index contributed by atoms with van der Waals surface area (Å²) in [5.41, 5.74) is 2.35. The fraction of sp³-hybridized carbons (Fsp3) is 0.278. The van der Waals surface area contributed by atoms with Crippen molar-refractivity contribution in [3.05, 3.63) is 59.1 Å². The molecule has 114 valence electrons. The van der Waals surface area contributed by atoms with Crippen LogP contribution in [-0.4, -0.2) is 17.7 Å². The van der Waals surface area contributed by atoms with Gasteiger partial charge in [-0.2, -0.15) is 0 Å². The van der Waals surface area contributed by atoms with Crippen molar-refractivity contribution >= 4 is 35.0 Å². The van der Waals surface area contributed by atoms with Gasteiger partial charge < -0.3 is 4.90 Å². The van der Waals surface area contributed by atoms with Crippen LogP contribution in [-0.2, 0) is 11.2 Å². The van der Waals surface area contributed by atoms with Crippen molar-refractivity contribution in [3.8, 4) is 0 Å². The zero-order valence-electron chi connectivity index (χ0n) is 12.5. The summed E-state index contributed by atoms with van der Waals surface area (Å²) in [6, 6.07) is 16.2. The average molecular weight is 332 g/mol. The summed E-state index contributed by atoms with van der Waals surface area (Å²) in [6.07, 6.45) is 1.50. The van der Waals surface area contributed by atoms with Gasteiger partial charge in [0.15, 0.2) is 0 Å². The van der Waals surface area contributed by atoms with Crippen LogP contribution < -0.4 is 4.90 Å². The highest BCUT2D eigenvalue weighted by Gasteiger charge is 2.29. The molecule has 0 fully saturated rings. The Morgan fingerprint density at radius 3 is 2.73 bits per heavy atom. The van der Waals surface area contributed by atoms with Crippen molar-refractivity contribution in [2.24, 2.45) is 0 Å². The summed E-state index contributed by atoms with van der Waals surface area (Å²) >= 11 is 7.57. The molecule has 4 heteroatoms. The lowest BCUT2D eigenvalue weighted by molar-refractivity contribution is -0.118.